The van der Waals surface area contributed by atoms with E-state index >= 15 is 0 Å². The van der Waals surface area contributed by atoms with Crippen molar-refractivity contribution in [1.82, 2.24) is 19.9 Å². The predicted molar refractivity (Wildman–Crippen MR) is 85.4 cm³/mol. The molecule has 0 amide bonds. The van der Waals surface area contributed by atoms with Crippen LogP contribution in [-0.2, 0) is 5.75 Å². The molecule has 0 radical (unpaired) electrons. The number of nitrogens with one attached hydrogen (secondary N) is 2. The molecule has 0 aliphatic carbocycles. The van der Waals surface area contributed by atoms with Gasteiger partial charge < -0.3 is 15.5 Å². The molecule has 0 spiro atoms. The highest BCUT2D eigenvalue weighted by atomic mass is 32.2. The Balaban J connectivity index is 1.92. The molecule has 2 N–H and O–H groups in total. The van der Waals surface area contributed by atoms with Crippen molar-refractivity contribution >= 4 is 40.6 Å². The van der Waals surface area contributed by atoms with Gasteiger partial charge in [-0.1, -0.05) is 0 Å². The van der Waals surface area contributed by atoms with E-state index in [-0.39, 0.29) is 0 Å². The summed E-state index contributed by atoms with van der Waals surface area (Å²) < 4.78 is 4.26. The number of aromatic nitrogens is 1. The van der Waals surface area contributed by atoms with Crippen molar-refractivity contribution in [3.63, 3.8) is 0 Å². The third kappa shape index (κ3) is 7.86. The van der Waals surface area contributed by atoms with E-state index in [0.717, 1.165) is 41.9 Å². The maximum absolute atomic E-state index is 5.17. The van der Waals surface area contributed by atoms with Gasteiger partial charge in [-0.3, -0.25) is 0 Å². The zero-order valence-electron chi connectivity index (χ0n) is 10.8. The topological polar surface area (TPSA) is 40.2 Å². The van der Waals surface area contributed by atoms with E-state index in [2.05, 4.69) is 26.0 Å². The van der Waals surface area contributed by atoms with E-state index in [1.54, 1.807) is 0 Å². The Morgan fingerprint density at radius 1 is 1.44 bits per heavy atom. The second kappa shape index (κ2) is 9.55. The molecule has 1 aromatic heterocycles. The van der Waals surface area contributed by atoms with Crippen LogP contribution < -0.4 is 10.6 Å². The average Bonchev–Trinajstić information content (AvgIpc) is 2.81. The molecule has 0 saturated heterocycles. The molecule has 0 fully saturated rings. The van der Waals surface area contributed by atoms with Crippen LogP contribution in [-0.4, -0.2) is 53.9 Å². The van der Waals surface area contributed by atoms with Crippen molar-refractivity contribution in [1.29, 1.82) is 0 Å². The van der Waals surface area contributed by atoms with Crippen LogP contribution in [0.15, 0.2) is 11.4 Å². The lowest BCUT2D eigenvalue weighted by molar-refractivity contribution is 0.412. The van der Waals surface area contributed by atoms with Crippen molar-refractivity contribution in [3.8, 4) is 0 Å². The van der Waals surface area contributed by atoms with Gasteiger partial charge in [0.2, 0.25) is 0 Å². The summed E-state index contributed by atoms with van der Waals surface area (Å²) >= 11 is 8.55. The molecule has 1 rings (SSSR count). The minimum atomic E-state index is 0.742. The van der Waals surface area contributed by atoms with Crippen molar-refractivity contribution in [2.45, 2.75) is 5.75 Å². The molecule has 4 nitrogen and oxygen atoms in total. The number of thiocarbonyl (C=S) groups is 1. The molecule has 7 heteroatoms. The SMILES string of the molecule is CN(C)CCNC(=S)NCCSCc1ccsn1. The largest absolute Gasteiger partial charge is 0.362 e. The number of nitrogens with zero attached hydrogens (tertiary/aromatic N) is 2. The summed E-state index contributed by atoms with van der Waals surface area (Å²) in [5, 5.41) is 9.13. The van der Waals surface area contributed by atoms with Gasteiger partial charge in [0.25, 0.3) is 0 Å². The molecule has 1 heterocycles. The maximum atomic E-state index is 5.17. The first-order valence-electron chi connectivity index (χ1n) is 5.82. The number of thioether (sulfide) groups is 1. The molecular weight excluding hydrogens is 284 g/mol. The van der Waals surface area contributed by atoms with Crippen LogP contribution in [0.5, 0.6) is 0 Å². The summed E-state index contributed by atoms with van der Waals surface area (Å²) in [4.78, 5) is 2.12. The lowest BCUT2D eigenvalue weighted by Crippen LogP contribution is -2.39. The van der Waals surface area contributed by atoms with E-state index in [9.17, 15) is 0 Å². The van der Waals surface area contributed by atoms with E-state index in [0.29, 0.717) is 0 Å². The lowest BCUT2D eigenvalue weighted by atomic mass is 10.5. The Morgan fingerprint density at radius 2 is 2.22 bits per heavy atom. The van der Waals surface area contributed by atoms with Crippen LogP contribution in [0.25, 0.3) is 0 Å². The summed E-state index contributed by atoms with van der Waals surface area (Å²) in [7, 11) is 4.10. The van der Waals surface area contributed by atoms with Crippen molar-refractivity contribution in [2.24, 2.45) is 0 Å². The van der Waals surface area contributed by atoms with E-state index in [1.165, 1.54) is 11.5 Å². The Kier molecular flexibility index (Phi) is 8.32. The number of hydrogen-bond acceptors (Lipinski definition) is 5. The summed E-state index contributed by atoms with van der Waals surface area (Å²) in [6.07, 6.45) is 0. The van der Waals surface area contributed by atoms with E-state index < -0.39 is 0 Å². The molecule has 0 aliphatic rings. The first kappa shape index (κ1) is 15.7. The molecule has 0 atom stereocenters. The number of hydrogen-bond donors (Lipinski definition) is 2. The van der Waals surface area contributed by atoms with Gasteiger partial charge in [0.05, 0.1) is 5.69 Å². The molecule has 0 aliphatic heterocycles. The molecular formula is C11H20N4S3. The fourth-order valence-electron chi connectivity index (χ4n) is 1.18. The first-order valence-corrected chi connectivity index (χ1v) is 8.22. The molecule has 0 saturated carbocycles. The molecule has 0 unspecified atom stereocenters. The van der Waals surface area contributed by atoms with Crippen molar-refractivity contribution < 1.29 is 0 Å². The smallest absolute Gasteiger partial charge is 0.166 e. The normalized spacial score (nSPS) is 10.6. The molecule has 18 heavy (non-hydrogen) atoms. The quantitative estimate of drug-likeness (QED) is 0.559. The highest BCUT2D eigenvalue weighted by Gasteiger charge is 1.97. The fraction of sp³-hybridized carbons (Fsp3) is 0.636. The van der Waals surface area contributed by atoms with Gasteiger partial charge in [-0.15, -0.1) is 0 Å². The van der Waals surface area contributed by atoms with Crippen molar-refractivity contribution in [3.05, 3.63) is 17.1 Å². The van der Waals surface area contributed by atoms with Crippen LogP contribution in [0.2, 0.25) is 0 Å². The van der Waals surface area contributed by atoms with Gasteiger partial charge in [-0.05, 0) is 43.9 Å². The fourth-order valence-corrected chi connectivity index (χ4v) is 2.77. The first-order chi connectivity index (χ1) is 8.68. The molecule has 1 aromatic rings. The second-order valence-electron chi connectivity index (χ2n) is 4.03. The minimum absolute atomic E-state index is 0.742. The lowest BCUT2D eigenvalue weighted by Gasteiger charge is -2.13. The van der Waals surface area contributed by atoms with Gasteiger partial charge in [0.1, 0.15) is 0 Å². The predicted octanol–water partition coefficient (Wildman–Crippen LogP) is 1.40. The van der Waals surface area contributed by atoms with E-state index in [1.807, 2.05) is 31.2 Å². The zero-order chi connectivity index (χ0) is 13.2. The van der Waals surface area contributed by atoms with Crippen LogP contribution in [0.4, 0.5) is 0 Å². The van der Waals surface area contributed by atoms with Crippen LogP contribution in [0.3, 0.4) is 0 Å². The second-order valence-corrected chi connectivity index (χ2v) is 6.21. The van der Waals surface area contributed by atoms with Crippen LogP contribution >= 0.6 is 35.5 Å². The van der Waals surface area contributed by atoms with E-state index in [4.69, 9.17) is 12.2 Å². The minimum Gasteiger partial charge on any atom is -0.362 e. The Morgan fingerprint density at radius 3 is 2.89 bits per heavy atom. The molecule has 0 bridgehead atoms. The highest BCUT2D eigenvalue weighted by Crippen LogP contribution is 2.10. The molecule has 0 aromatic carbocycles. The third-order valence-electron chi connectivity index (χ3n) is 2.12. The van der Waals surface area contributed by atoms with Gasteiger partial charge in [-0.2, -0.15) is 16.1 Å². The summed E-state index contributed by atoms with van der Waals surface area (Å²) in [6.45, 7) is 2.76. The standard InChI is InChI=1S/C11H20N4S3/c1-15(2)6-4-12-11(16)13-5-8-17-9-10-3-7-18-14-10/h3,7H,4-6,8-9H2,1-2H3,(H2,12,13,16). The third-order valence-corrected chi connectivity index (χ3v) is 4.00. The Hall–Kier alpha value is -0.370. The highest BCUT2D eigenvalue weighted by molar-refractivity contribution is 7.98. The summed E-state index contributed by atoms with van der Waals surface area (Å²) in [6, 6.07) is 2.07. The van der Waals surface area contributed by atoms with Crippen molar-refractivity contribution in [2.75, 3.05) is 39.5 Å². The average molecular weight is 305 g/mol. The summed E-state index contributed by atoms with van der Waals surface area (Å²) in [5.41, 5.74) is 1.16. The van der Waals surface area contributed by atoms with Crippen LogP contribution in [0, 0.1) is 0 Å². The Bertz CT molecular complexity index is 327. The maximum Gasteiger partial charge on any atom is 0.166 e. The van der Waals surface area contributed by atoms with Gasteiger partial charge in [0, 0.05) is 36.5 Å². The van der Waals surface area contributed by atoms with Gasteiger partial charge in [-0.25, -0.2) is 0 Å². The van der Waals surface area contributed by atoms with Gasteiger partial charge in [0.15, 0.2) is 5.11 Å². The number of rotatable bonds is 8. The van der Waals surface area contributed by atoms with Crippen LogP contribution in [0.1, 0.15) is 5.69 Å². The summed E-state index contributed by atoms with van der Waals surface area (Å²) in [5.74, 6) is 2.01. The Labute approximate surface area is 123 Å². The van der Waals surface area contributed by atoms with Gasteiger partial charge >= 0.3 is 0 Å². The zero-order valence-corrected chi connectivity index (χ0v) is 13.3. The molecule has 102 valence electrons. The monoisotopic (exact) mass is 304 g/mol. The number of likely N-dealkylation sites (N-methyl/N-ethyl adjacent to an activating group) is 1.